The van der Waals surface area contributed by atoms with Gasteiger partial charge in [-0.1, -0.05) is 30.3 Å². The number of rotatable bonds is 5. The molecule has 33 heavy (non-hydrogen) atoms. The maximum Gasteiger partial charge on any atom is 0.410 e. The number of aryl methyl sites for hydroxylation is 2. The number of Topliss-reactive ketones (excluding diaryl/α,β-unsaturated/α-hetero) is 1. The largest absolute Gasteiger partial charge is 0.445 e. The van der Waals surface area contributed by atoms with Crippen molar-refractivity contribution in [2.75, 3.05) is 6.54 Å². The summed E-state index contributed by atoms with van der Waals surface area (Å²) in [4.78, 5) is 31.2. The van der Waals surface area contributed by atoms with E-state index in [9.17, 15) is 9.59 Å². The molecule has 0 unspecified atom stereocenters. The fraction of sp³-hybridized carbons (Fsp3) is 0.259. The van der Waals surface area contributed by atoms with Crippen molar-refractivity contribution in [1.82, 2.24) is 14.5 Å². The number of fused-ring (bicyclic) bond motifs is 1. The number of aromatic nitrogens is 2. The van der Waals surface area contributed by atoms with Crippen molar-refractivity contribution in [2.45, 2.75) is 39.3 Å². The van der Waals surface area contributed by atoms with E-state index < -0.39 is 12.1 Å². The highest BCUT2D eigenvalue weighted by molar-refractivity contribution is 6.11. The second-order valence-electron chi connectivity index (χ2n) is 8.64. The molecule has 3 heterocycles. The lowest BCUT2D eigenvalue weighted by atomic mass is 10.0. The Labute approximate surface area is 192 Å². The van der Waals surface area contributed by atoms with Crippen LogP contribution in [0.3, 0.4) is 0 Å². The smallest absolute Gasteiger partial charge is 0.410 e. The van der Waals surface area contributed by atoms with E-state index in [4.69, 9.17) is 4.74 Å². The molecule has 2 aromatic heterocycles. The third-order valence-electron chi connectivity index (χ3n) is 6.46. The standard InChI is InChI=1S/C27H27N3O3/c1-18-10-11-19(2)30(18)21-12-13-24-22(15-21)23(16-28-24)26(31)25-9-6-14-29(25)27(32)33-17-20-7-4-3-5-8-20/h3-5,7-8,10-13,15-16,25,28H,6,9,14,17H2,1-2H3/t25-/m0/s1. The predicted octanol–water partition coefficient (Wildman–Crippen LogP) is 5.56. The van der Waals surface area contributed by atoms with Crippen LogP contribution in [0.25, 0.3) is 16.6 Å². The Morgan fingerprint density at radius 3 is 2.55 bits per heavy atom. The van der Waals surface area contributed by atoms with Crippen LogP contribution in [-0.2, 0) is 11.3 Å². The van der Waals surface area contributed by atoms with Gasteiger partial charge in [0.05, 0.1) is 6.04 Å². The number of nitrogens with zero attached hydrogens (tertiary/aromatic N) is 2. The van der Waals surface area contributed by atoms with Crippen LogP contribution in [0.15, 0.2) is 66.9 Å². The molecule has 0 radical (unpaired) electrons. The van der Waals surface area contributed by atoms with Crippen LogP contribution in [0.5, 0.6) is 0 Å². The second-order valence-corrected chi connectivity index (χ2v) is 8.64. The summed E-state index contributed by atoms with van der Waals surface area (Å²) in [5.41, 5.74) is 5.73. The van der Waals surface area contributed by atoms with Crippen molar-refractivity contribution in [3.8, 4) is 5.69 Å². The van der Waals surface area contributed by atoms with Gasteiger partial charge in [-0.3, -0.25) is 9.69 Å². The normalized spacial score (nSPS) is 15.8. The van der Waals surface area contributed by atoms with Gasteiger partial charge >= 0.3 is 6.09 Å². The number of ether oxygens (including phenoxy) is 1. The highest BCUT2D eigenvalue weighted by atomic mass is 16.6. The van der Waals surface area contributed by atoms with Gasteiger partial charge in [-0.15, -0.1) is 0 Å². The number of ketones is 1. The summed E-state index contributed by atoms with van der Waals surface area (Å²) in [5.74, 6) is -0.0477. The second kappa shape index (κ2) is 8.62. The predicted molar refractivity (Wildman–Crippen MR) is 128 cm³/mol. The number of carbonyl (C=O) groups is 2. The number of amides is 1. The van der Waals surface area contributed by atoms with Crippen LogP contribution < -0.4 is 0 Å². The summed E-state index contributed by atoms with van der Waals surface area (Å²) in [5, 5.41) is 0.870. The third-order valence-corrected chi connectivity index (χ3v) is 6.46. The average molecular weight is 442 g/mol. The lowest BCUT2D eigenvalue weighted by molar-refractivity contribution is 0.0739. The molecular formula is C27H27N3O3. The van der Waals surface area contributed by atoms with E-state index >= 15 is 0 Å². The van der Waals surface area contributed by atoms with Crippen LogP contribution in [-0.4, -0.2) is 38.9 Å². The number of aromatic amines is 1. The van der Waals surface area contributed by atoms with Gasteiger partial charge in [-0.25, -0.2) is 4.79 Å². The molecule has 1 fully saturated rings. The van der Waals surface area contributed by atoms with Crippen molar-refractivity contribution in [3.05, 3.63) is 89.4 Å². The zero-order valence-corrected chi connectivity index (χ0v) is 18.9. The molecule has 1 saturated heterocycles. The highest BCUT2D eigenvalue weighted by Crippen LogP contribution is 2.29. The molecule has 1 atom stereocenters. The fourth-order valence-corrected chi connectivity index (χ4v) is 4.77. The lowest BCUT2D eigenvalue weighted by Gasteiger charge is -2.23. The van der Waals surface area contributed by atoms with Gasteiger partial charge in [0.25, 0.3) is 0 Å². The lowest BCUT2D eigenvalue weighted by Crippen LogP contribution is -2.40. The molecule has 6 heteroatoms. The fourth-order valence-electron chi connectivity index (χ4n) is 4.77. The molecule has 168 valence electrons. The van der Waals surface area contributed by atoms with Gasteiger partial charge in [0, 0.05) is 46.3 Å². The Morgan fingerprint density at radius 1 is 1.03 bits per heavy atom. The first-order valence-electron chi connectivity index (χ1n) is 11.3. The minimum Gasteiger partial charge on any atom is -0.445 e. The number of likely N-dealkylation sites (tertiary alicyclic amines) is 1. The molecule has 0 saturated carbocycles. The van der Waals surface area contributed by atoms with E-state index in [2.05, 4.69) is 41.6 Å². The van der Waals surface area contributed by atoms with E-state index in [1.165, 1.54) is 0 Å². The summed E-state index contributed by atoms with van der Waals surface area (Å²) in [6.07, 6.45) is 2.75. The highest BCUT2D eigenvalue weighted by Gasteiger charge is 2.36. The Morgan fingerprint density at radius 2 is 1.79 bits per heavy atom. The molecule has 1 aliphatic heterocycles. The summed E-state index contributed by atoms with van der Waals surface area (Å²) < 4.78 is 7.69. The Balaban J connectivity index is 1.39. The van der Waals surface area contributed by atoms with Gasteiger partial charge in [0.1, 0.15) is 6.61 Å². The van der Waals surface area contributed by atoms with E-state index in [1.807, 2.05) is 42.5 Å². The van der Waals surface area contributed by atoms with Gasteiger partial charge in [0.15, 0.2) is 5.78 Å². The summed E-state index contributed by atoms with van der Waals surface area (Å²) in [7, 11) is 0. The molecule has 1 N–H and O–H groups in total. The van der Waals surface area contributed by atoms with Gasteiger partial charge in [0.2, 0.25) is 0 Å². The van der Waals surface area contributed by atoms with Gasteiger partial charge in [-0.05, 0) is 62.6 Å². The number of nitrogens with one attached hydrogen (secondary N) is 1. The van der Waals surface area contributed by atoms with Gasteiger partial charge in [-0.2, -0.15) is 0 Å². The van der Waals surface area contributed by atoms with Crippen LogP contribution in [0, 0.1) is 13.8 Å². The van der Waals surface area contributed by atoms with Crippen LogP contribution in [0.4, 0.5) is 4.79 Å². The first-order chi connectivity index (χ1) is 16.0. The van der Waals surface area contributed by atoms with E-state index in [0.717, 1.165) is 40.0 Å². The quantitative estimate of drug-likeness (QED) is 0.412. The topological polar surface area (TPSA) is 67.3 Å². The van der Waals surface area contributed by atoms with Crippen LogP contribution in [0.2, 0.25) is 0 Å². The number of carbonyl (C=O) groups excluding carboxylic acids is 2. The Kier molecular flexibility index (Phi) is 5.50. The number of hydrogen-bond acceptors (Lipinski definition) is 3. The molecule has 0 spiro atoms. The number of hydrogen-bond donors (Lipinski definition) is 1. The summed E-state index contributed by atoms with van der Waals surface area (Å²) in [6.45, 7) is 4.86. The zero-order chi connectivity index (χ0) is 22.9. The first kappa shape index (κ1) is 21.1. The van der Waals surface area contributed by atoms with E-state index in [1.54, 1.807) is 11.1 Å². The maximum atomic E-state index is 13.6. The van der Waals surface area contributed by atoms with Gasteiger partial charge < -0.3 is 14.3 Å². The number of H-pyrrole nitrogens is 1. The molecule has 0 bridgehead atoms. The average Bonchev–Trinajstić information content (AvgIpc) is 3.56. The third kappa shape index (κ3) is 3.93. The van der Waals surface area contributed by atoms with Crippen molar-refractivity contribution in [3.63, 3.8) is 0 Å². The first-order valence-corrected chi connectivity index (χ1v) is 11.3. The van der Waals surface area contributed by atoms with Crippen molar-refractivity contribution < 1.29 is 14.3 Å². The van der Waals surface area contributed by atoms with E-state index in [-0.39, 0.29) is 12.4 Å². The monoisotopic (exact) mass is 441 g/mol. The van der Waals surface area contributed by atoms with Crippen LogP contribution >= 0.6 is 0 Å². The van der Waals surface area contributed by atoms with Crippen molar-refractivity contribution in [2.24, 2.45) is 0 Å². The minimum absolute atomic E-state index is 0.0477. The Bertz CT molecular complexity index is 1300. The molecule has 0 aliphatic carbocycles. The minimum atomic E-state index is -0.508. The SMILES string of the molecule is Cc1ccc(C)n1-c1ccc2[nH]cc(C(=O)[C@@H]3CCCN3C(=O)OCc3ccccc3)c2c1. The molecule has 2 aromatic carbocycles. The molecular weight excluding hydrogens is 414 g/mol. The molecule has 1 amide bonds. The Hall–Kier alpha value is -3.80. The summed E-state index contributed by atoms with van der Waals surface area (Å²) in [6, 6.07) is 19.3. The maximum absolute atomic E-state index is 13.6. The van der Waals surface area contributed by atoms with Crippen molar-refractivity contribution >= 4 is 22.8 Å². The number of benzene rings is 2. The van der Waals surface area contributed by atoms with Crippen molar-refractivity contribution in [1.29, 1.82) is 0 Å². The molecule has 5 rings (SSSR count). The zero-order valence-electron chi connectivity index (χ0n) is 18.9. The molecule has 1 aliphatic rings. The van der Waals surface area contributed by atoms with E-state index in [0.29, 0.717) is 18.5 Å². The van der Waals surface area contributed by atoms with Crippen LogP contribution in [0.1, 0.15) is 40.2 Å². The summed E-state index contributed by atoms with van der Waals surface area (Å²) >= 11 is 0. The molecule has 6 nitrogen and oxygen atoms in total. The molecule has 4 aromatic rings.